The van der Waals surface area contributed by atoms with Crippen molar-refractivity contribution < 1.29 is 9.47 Å². The van der Waals surface area contributed by atoms with Gasteiger partial charge in [0.1, 0.15) is 17.1 Å². The Bertz CT molecular complexity index is 833. The molecule has 0 radical (unpaired) electrons. The van der Waals surface area contributed by atoms with Crippen LogP contribution < -0.4 is 20.1 Å². The third-order valence-corrected chi connectivity index (χ3v) is 4.83. The Morgan fingerprint density at radius 1 is 1.19 bits per heavy atom. The first kappa shape index (κ1) is 18.5. The zero-order valence-corrected chi connectivity index (χ0v) is 16.8. The van der Waals surface area contributed by atoms with Crippen LogP contribution in [-0.4, -0.2) is 17.8 Å². The highest BCUT2D eigenvalue weighted by atomic mass is 32.1. The van der Waals surface area contributed by atoms with E-state index in [-0.39, 0.29) is 11.6 Å². The van der Waals surface area contributed by atoms with E-state index in [1.807, 2.05) is 18.2 Å². The molecular weight excluding hydrogens is 344 g/mol. The average molecular weight is 371 g/mol. The fraction of sp³-hybridized carbons (Fsp3) is 0.381. The Labute approximate surface area is 160 Å². The zero-order chi connectivity index (χ0) is 18.9. The first-order valence-corrected chi connectivity index (χ1v) is 9.20. The monoisotopic (exact) mass is 370 g/mol. The molecule has 0 fully saturated rings. The standard InChI is InChI=1S/C21H26N2O2S/c1-13-6-9-17(14(2)10-13)22-20(26)23-18-12-21(3,4)25-19-11-15(24-5)7-8-16(18)19/h6-11,18H,12H2,1-5H3,(H2,22,23,26). The number of thiocarbonyl (C=S) groups is 1. The van der Waals surface area contributed by atoms with Crippen LogP contribution in [0.4, 0.5) is 5.69 Å². The van der Waals surface area contributed by atoms with E-state index < -0.39 is 0 Å². The predicted molar refractivity (Wildman–Crippen MR) is 110 cm³/mol. The van der Waals surface area contributed by atoms with Crippen LogP contribution in [0.2, 0.25) is 0 Å². The quantitative estimate of drug-likeness (QED) is 0.752. The Balaban J connectivity index is 1.79. The van der Waals surface area contributed by atoms with E-state index in [1.165, 1.54) is 11.1 Å². The molecule has 0 aromatic heterocycles. The molecule has 1 aliphatic heterocycles. The van der Waals surface area contributed by atoms with Crippen molar-refractivity contribution in [2.24, 2.45) is 0 Å². The molecule has 2 aromatic rings. The molecule has 0 amide bonds. The Kier molecular flexibility index (Phi) is 5.10. The number of benzene rings is 2. The van der Waals surface area contributed by atoms with Crippen LogP contribution in [0, 0.1) is 13.8 Å². The van der Waals surface area contributed by atoms with Crippen molar-refractivity contribution >= 4 is 23.0 Å². The Morgan fingerprint density at radius 3 is 2.65 bits per heavy atom. The Morgan fingerprint density at radius 2 is 1.96 bits per heavy atom. The van der Waals surface area contributed by atoms with Crippen molar-refractivity contribution in [3.63, 3.8) is 0 Å². The number of nitrogens with one attached hydrogen (secondary N) is 2. The minimum atomic E-state index is -0.285. The van der Waals surface area contributed by atoms with Crippen molar-refractivity contribution in [2.75, 3.05) is 12.4 Å². The maximum Gasteiger partial charge on any atom is 0.171 e. The van der Waals surface area contributed by atoms with Crippen LogP contribution >= 0.6 is 12.2 Å². The Hall–Kier alpha value is -2.27. The molecule has 2 N–H and O–H groups in total. The first-order valence-electron chi connectivity index (χ1n) is 8.79. The number of methoxy groups -OCH3 is 1. The SMILES string of the molecule is COc1ccc2c(c1)OC(C)(C)CC2NC(=S)Nc1ccc(C)cc1C. The van der Waals surface area contributed by atoms with Gasteiger partial charge in [0, 0.05) is 23.7 Å². The molecule has 0 aliphatic carbocycles. The number of hydrogen-bond donors (Lipinski definition) is 2. The normalized spacial score (nSPS) is 17.7. The van der Waals surface area contributed by atoms with Gasteiger partial charge in [-0.15, -0.1) is 0 Å². The van der Waals surface area contributed by atoms with Gasteiger partial charge >= 0.3 is 0 Å². The number of rotatable bonds is 3. The lowest BCUT2D eigenvalue weighted by Gasteiger charge is -2.38. The van der Waals surface area contributed by atoms with E-state index >= 15 is 0 Å². The second-order valence-electron chi connectivity index (χ2n) is 7.44. The van der Waals surface area contributed by atoms with E-state index in [1.54, 1.807) is 7.11 Å². The number of anilines is 1. The zero-order valence-electron chi connectivity index (χ0n) is 16.0. The third kappa shape index (κ3) is 4.10. The lowest BCUT2D eigenvalue weighted by atomic mass is 9.89. The topological polar surface area (TPSA) is 42.5 Å². The summed E-state index contributed by atoms with van der Waals surface area (Å²) in [5, 5.41) is 7.39. The summed E-state index contributed by atoms with van der Waals surface area (Å²) in [5.41, 5.74) is 4.24. The summed E-state index contributed by atoms with van der Waals surface area (Å²) in [7, 11) is 1.66. The van der Waals surface area contributed by atoms with E-state index in [0.29, 0.717) is 5.11 Å². The van der Waals surface area contributed by atoms with Crippen molar-refractivity contribution in [3.8, 4) is 11.5 Å². The first-order chi connectivity index (χ1) is 12.3. The molecule has 1 heterocycles. The van der Waals surface area contributed by atoms with Gasteiger partial charge in [-0.25, -0.2) is 0 Å². The van der Waals surface area contributed by atoms with Crippen molar-refractivity contribution in [1.82, 2.24) is 5.32 Å². The minimum absolute atomic E-state index is 0.0745. The van der Waals surface area contributed by atoms with Crippen LogP contribution in [0.15, 0.2) is 36.4 Å². The average Bonchev–Trinajstić information content (AvgIpc) is 2.55. The molecule has 26 heavy (non-hydrogen) atoms. The summed E-state index contributed by atoms with van der Waals surface area (Å²) in [6.45, 7) is 8.34. The van der Waals surface area contributed by atoms with Crippen molar-refractivity contribution in [3.05, 3.63) is 53.1 Å². The molecule has 3 rings (SSSR count). The number of fused-ring (bicyclic) bond motifs is 1. The summed E-state index contributed by atoms with van der Waals surface area (Å²) in [5.74, 6) is 1.63. The lowest BCUT2D eigenvalue weighted by Crippen LogP contribution is -2.42. The molecule has 138 valence electrons. The van der Waals surface area contributed by atoms with Crippen LogP contribution in [0.25, 0.3) is 0 Å². The molecule has 1 unspecified atom stereocenters. The van der Waals surface area contributed by atoms with Gasteiger partial charge in [0.15, 0.2) is 5.11 Å². The van der Waals surface area contributed by atoms with E-state index in [4.69, 9.17) is 21.7 Å². The molecular formula is C21H26N2O2S. The van der Waals surface area contributed by atoms with E-state index in [2.05, 4.69) is 56.5 Å². The molecule has 4 nitrogen and oxygen atoms in total. The number of hydrogen-bond acceptors (Lipinski definition) is 3. The highest BCUT2D eigenvalue weighted by Gasteiger charge is 2.34. The van der Waals surface area contributed by atoms with Gasteiger partial charge in [0.25, 0.3) is 0 Å². The predicted octanol–water partition coefficient (Wildman–Crippen LogP) is 4.90. The highest BCUT2D eigenvalue weighted by molar-refractivity contribution is 7.80. The summed E-state index contributed by atoms with van der Waals surface area (Å²) < 4.78 is 11.5. The second-order valence-corrected chi connectivity index (χ2v) is 7.85. The van der Waals surface area contributed by atoms with E-state index in [0.717, 1.165) is 29.2 Å². The molecule has 0 saturated carbocycles. The highest BCUT2D eigenvalue weighted by Crippen LogP contribution is 2.41. The van der Waals surface area contributed by atoms with Crippen molar-refractivity contribution in [1.29, 1.82) is 0 Å². The molecule has 1 aliphatic rings. The smallest absolute Gasteiger partial charge is 0.171 e. The lowest BCUT2D eigenvalue weighted by molar-refractivity contribution is 0.0693. The molecule has 0 bridgehead atoms. The molecule has 5 heteroatoms. The minimum Gasteiger partial charge on any atom is -0.497 e. The van der Waals surface area contributed by atoms with Gasteiger partial charge in [-0.2, -0.15) is 0 Å². The molecule has 1 atom stereocenters. The summed E-state index contributed by atoms with van der Waals surface area (Å²) in [6.07, 6.45) is 0.820. The summed E-state index contributed by atoms with van der Waals surface area (Å²) in [6, 6.07) is 12.3. The largest absolute Gasteiger partial charge is 0.497 e. The van der Waals surface area contributed by atoms with Gasteiger partial charge in [0.05, 0.1) is 13.2 Å². The maximum atomic E-state index is 6.14. The number of aryl methyl sites for hydroxylation is 2. The van der Waals surface area contributed by atoms with Gasteiger partial charge in [-0.1, -0.05) is 17.7 Å². The number of ether oxygens (including phenoxy) is 2. The maximum absolute atomic E-state index is 6.14. The van der Waals surface area contributed by atoms with Crippen LogP contribution in [-0.2, 0) is 0 Å². The van der Waals surface area contributed by atoms with E-state index in [9.17, 15) is 0 Å². The third-order valence-electron chi connectivity index (χ3n) is 4.61. The fourth-order valence-corrected chi connectivity index (χ4v) is 3.61. The van der Waals surface area contributed by atoms with Gasteiger partial charge < -0.3 is 20.1 Å². The molecule has 0 spiro atoms. The summed E-state index contributed by atoms with van der Waals surface area (Å²) >= 11 is 5.57. The van der Waals surface area contributed by atoms with Crippen LogP contribution in [0.1, 0.15) is 43.0 Å². The van der Waals surface area contributed by atoms with Crippen LogP contribution in [0.5, 0.6) is 11.5 Å². The molecule has 0 saturated heterocycles. The second kappa shape index (κ2) is 7.16. The van der Waals surface area contributed by atoms with Crippen LogP contribution in [0.3, 0.4) is 0 Å². The van der Waals surface area contributed by atoms with Gasteiger partial charge in [-0.3, -0.25) is 0 Å². The van der Waals surface area contributed by atoms with Gasteiger partial charge in [-0.05, 0) is 63.7 Å². The fourth-order valence-electron chi connectivity index (χ4n) is 3.36. The summed E-state index contributed by atoms with van der Waals surface area (Å²) in [4.78, 5) is 0. The van der Waals surface area contributed by atoms with Crippen molar-refractivity contribution in [2.45, 2.75) is 45.8 Å². The molecule has 2 aromatic carbocycles. The van der Waals surface area contributed by atoms with Gasteiger partial charge in [0.2, 0.25) is 0 Å².